The van der Waals surface area contributed by atoms with E-state index in [-0.39, 0.29) is 18.3 Å². The van der Waals surface area contributed by atoms with Gasteiger partial charge in [0.2, 0.25) is 0 Å². The average molecular weight is 284 g/mol. The molecule has 0 atom stereocenters. The number of benzene rings is 2. The molecular weight excluding hydrogens is 271 g/mol. The summed E-state index contributed by atoms with van der Waals surface area (Å²) in [5.41, 5.74) is 7.66. The van der Waals surface area contributed by atoms with Gasteiger partial charge in [-0.1, -0.05) is 12.1 Å². The van der Waals surface area contributed by atoms with Gasteiger partial charge >= 0.3 is 0 Å². The number of aromatic amines is 1. The number of H-pyrrole nitrogens is 1. The van der Waals surface area contributed by atoms with Crippen LogP contribution >= 0.6 is 0 Å². The van der Waals surface area contributed by atoms with Crippen LogP contribution in [0.1, 0.15) is 15.9 Å². The highest BCUT2D eigenvalue weighted by molar-refractivity contribution is 6.00. The fourth-order valence-corrected chi connectivity index (χ4v) is 2.11. The lowest BCUT2D eigenvalue weighted by Crippen LogP contribution is -2.22. The number of hydrogen-bond acceptors (Lipinski definition) is 3. The van der Waals surface area contributed by atoms with Crippen LogP contribution < -0.4 is 11.1 Å². The summed E-state index contributed by atoms with van der Waals surface area (Å²) >= 11 is 0. The van der Waals surface area contributed by atoms with Gasteiger partial charge in [0.05, 0.1) is 5.52 Å². The third-order valence-electron chi connectivity index (χ3n) is 3.20. The first-order chi connectivity index (χ1) is 10.1. The van der Waals surface area contributed by atoms with E-state index in [0.29, 0.717) is 22.3 Å². The lowest BCUT2D eigenvalue weighted by atomic mass is 10.1. The molecule has 0 spiro atoms. The van der Waals surface area contributed by atoms with Crippen molar-refractivity contribution in [2.24, 2.45) is 0 Å². The van der Waals surface area contributed by atoms with Crippen LogP contribution in [0.25, 0.3) is 10.9 Å². The molecule has 0 bridgehead atoms. The number of amides is 1. The van der Waals surface area contributed by atoms with Crippen molar-refractivity contribution in [1.82, 2.24) is 15.5 Å². The minimum Gasteiger partial charge on any atom is -0.382 e. The molecule has 6 heteroatoms. The SMILES string of the molecule is Nc1n[nH]c2ccc(C(=O)NCc3cccc(F)c3)cc12. The molecule has 106 valence electrons. The molecule has 3 aromatic rings. The molecule has 0 saturated carbocycles. The standard InChI is InChI=1S/C15H13FN4O/c16-11-3-1-2-9(6-11)8-18-15(21)10-4-5-13-12(7-10)14(17)20-19-13/h1-7H,8H2,(H,18,21)(H3,17,19,20). The summed E-state index contributed by atoms with van der Waals surface area (Å²) in [6, 6.07) is 11.2. The van der Waals surface area contributed by atoms with Crippen LogP contribution in [0, 0.1) is 5.82 Å². The van der Waals surface area contributed by atoms with Crippen molar-refractivity contribution in [3.05, 3.63) is 59.4 Å². The Morgan fingerprint density at radius 3 is 2.95 bits per heavy atom. The van der Waals surface area contributed by atoms with Gasteiger partial charge in [0, 0.05) is 17.5 Å². The Morgan fingerprint density at radius 1 is 1.29 bits per heavy atom. The van der Waals surface area contributed by atoms with Crippen LogP contribution in [0.3, 0.4) is 0 Å². The van der Waals surface area contributed by atoms with Gasteiger partial charge in [0.25, 0.3) is 5.91 Å². The number of carbonyl (C=O) groups is 1. The quantitative estimate of drug-likeness (QED) is 0.689. The van der Waals surface area contributed by atoms with E-state index in [1.54, 1.807) is 30.3 Å². The molecule has 5 nitrogen and oxygen atoms in total. The minimum absolute atomic E-state index is 0.248. The zero-order valence-electron chi connectivity index (χ0n) is 11.1. The number of nitrogen functional groups attached to an aromatic ring is 1. The van der Waals surface area contributed by atoms with Gasteiger partial charge < -0.3 is 11.1 Å². The van der Waals surface area contributed by atoms with Crippen molar-refractivity contribution in [3.8, 4) is 0 Å². The number of fused-ring (bicyclic) bond motifs is 1. The maximum atomic E-state index is 13.1. The van der Waals surface area contributed by atoms with Gasteiger partial charge in [-0.25, -0.2) is 4.39 Å². The zero-order chi connectivity index (χ0) is 14.8. The topological polar surface area (TPSA) is 83.8 Å². The van der Waals surface area contributed by atoms with Gasteiger partial charge in [-0.2, -0.15) is 5.10 Å². The number of rotatable bonds is 3. The predicted octanol–water partition coefficient (Wildman–Crippen LogP) is 2.21. The molecule has 4 N–H and O–H groups in total. The first kappa shape index (κ1) is 13.1. The van der Waals surface area contributed by atoms with Crippen LogP contribution in [-0.2, 0) is 6.54 Å². The molecule has 0 radical (unpaired) electrons. The summed E-state index contributed by atoms with van der Waals surface area (Å²) in [6.07, 6.45) is 0. The number of hydrogen-bond donors (Lipinski definition) is 3. The number of halogens is 1. The molecule has 2 aromatic carbocycles. The van der Waals surface area contributed by atoms with Crippen LogP contribution in [0.2, 0.25) is 0 Å². The minimum atomic E-state index is -0.325. The van der Waals surface area contributed by atoms with E-state index >= 15 is 0 Å². The van der Waals surface area contributed by atoms with E-state index in [4.69, 9.17) is 5.73 Å². The number of aromatic nitrogens is 2. The van der Waals surface area contributed by atoms with Crippen molar-refractivity contribution in [1.29, 1.82) is 0 Å². The summed E-state index contributed by atoms with van der Waals surface area (Å²) in [6.45, 7) is 0.259. The van der Waals surface area contributed by atoms with Gasteiger partial charge in [-0.3, -0.25) is 9.89 Å². The molecule has 0 aliphatic heterocycles. The Labute approximate surface area is 120 Å². The van der Waals surface area contributed by atoms with E-state index in [1.165, 1.54) is 12.1 Å². The van der Waals surface area contributed by atoms with Crippen LogP contribution in [-0.4, -0.2) is 16.1 Å². The molecule has 1 heterocycles. The highest BCUT2D eigenvalue weighted by Gasteiger charge is 2.09. The smallest absolute Gasteiger partial charge is 0.251 e. The summed E-state index contributed by atoms with van der Waals surface area (Å²) < 4.78 is 13.1. The van der Waals surface area contributed by atoms with Crippen molar-refractivity contribution >= 4 is 22.6 Å². The average Bonchev–Trinajstić information content (AvgIpc) is 2.86. The predicted molar refractivity (Wildman–Crippen MR) is 78.1 cm³/mol. The number of nitrogens with zero attached hydrogens (tertiary/aromatic N) is 1. The third kappa shape index (κ3) is 2.69. The summed E-state index contributed by atoms with van der Waals surface area (Å²) in [4.78, 5) is 12.1. The summed E-state index contributed by atoms with van der Waals surface area (Å²) in [7, 11) is 0. The molecule has 21 heavy (non-hydrogen) atoms. The van der Waals surface area contributed by atoms with Crippen LogP contribution in [0.4, 0.5) is 10.2 Å². The fraction of sp³-hybridized carbons (Fsp3) is 0.0667. The molecule has 1 aromatic heterocycles. The van der Waals surface area contributed by atoms with E-state index in [1.807, 2.05) is 0 Å². The number of anilines is 1. The molecule has 3 rings (SSSR count). The van der Waals surface area contributed by atoms with Gasteiger partial charge in [0.15, 0.2) is 5.82 Å². The molecule has 0 aliphatic carbocycles. The molecule has 0 aliphatic rings. The fourth-order valence-electron chi connectivity index (χ4n) is 2.11. The zero-order valence-corrected chi connectivity index (χ0v) is 11.1. The summed E-state index contributed by atoms with van der Waals surface area (Å²) in [5.74, 6) is -0.221. The maximum absolute atomic E-state index is 13.1. The van der Waals surface area contributed by atoms with Crippen molar-refractivity contribution in [2.45, 2.75) is 6.54 Å². The van der Waals surface area contributed by atoms with Crippen LogP contribution in [0.15, 0.2) is 42.5 Å². The Balaban J connectivity index is 1.76. The summed E-state index contributed by atoms with van der Waals surface area (Å²) in [5, 5.41) is 10.1. The van der Waals surface area contributed by atoms with Gasteiger partial charge in [0.1, 0.15) is 5.82 Å². The lowest BCUT2D eigenvalue weighted by molar-refractivity contribution is 0.0951. The first-order valence-electron chi connectivity index (χ1n) is 6.40. The largest absolute Gasteiger partial charge is 0.382 e. The Hall–Kier alpha value is -2.89. The lowest BCUT2D eigenvalue weighted by Gasteiger charge is -2.06. The maximum Gasteiger partial charge on any atom is 0.251 e. The second kappa shape index (κ2) is 5.24. The van der Waals surface area contributed by atoms with Crippen molar-refractivity contribution < 1.29 is 9.18 Å². The molecule has 0 saturated heterocycles. The number of carbonyl (C=O) groups excluding carboxylic acids is 1. The van der Waals surface area contributed by atoms with Gasteiger partial charge in [-0.05, 0) is 35.9 Å². The first-order valence-corrected chi connectivity index (χ1v) is 6.40. The Morgan fingerprint density at radius 2 is 2.14 bits per heavy atom. The van der Waals surface area contributed by atoms with Crippen molar-refractivity contribution in [2.75, 3.05) is 5.73 Å². The highest BCUT2D eigenvalue weighted by atomic mass is 19.1. The van der Waals surface area contributed by atoms with E-state index in [2.05, 4.69) is 15.5 Å². The van der Waals surface area contributed by atoms with Gasteiger partial charge in [-0.15, -0.1) is 0 Å². The Bertz CT molecular complexity index is 812. The monoisotopic (exact) mass is 284 g/mol. The van der Waals surface area contributed by atoms with Crippen LogP contribution in [0.5, 0.6) is 0 Å². The van der Waals surface area contributed by atoms with Crippen molar-refractivity contribution in [3.63, 3.8) is 0 Å². The van der Waals surface area contributed by atoms with E-state index in [9.17, 15) is 9.18 Å². The molecular formula is C15H13FN4O. The Kier molecular flexibility index (Phi) is 3.27. The number of nitrogens with one attached hydrogen (secondary N) is 2. The normalized spacial score (nSPS) is 10.7. The second-order valence-corrected chi connectivity index (χ2v) is 4.68. The second-order valence-electron chi connectivity index (χ2n) is 4.68. The highest BCUT2D eigenvalue weighted by Crippen LogP contribution is 2.19. The van der Waals surface area contributed by atoms with E-state index < -0.39 is 0 Å². The molecule has 1 amide bonds. The molecule has 0 unspecified atom stereocenters. The third-order valence-corrected chi connectivity index (χ3v) is 3.20. The molecule has 0 fully saturated rings. The number of nitrogens with two attached hydrogens (primary N) is 1. The van der Waals surface area contributed by atoms with E-state index in [0.717, 1.165) is 5.52 Å².